The maximum absolute atomic E-state index is 12.0. The van der Waals surface area contributed by atoms with E-state index in [9.17, 15) is 18.0 Å². The fourth-order valence-corrected chi connectivity index (χ4v) is 1.01. The molecule has 0 aromatic rings. The van der Waals surface area contributed by atoms with Crippen LogP contribution in [0.2, 0.25) is 0 Å². The predicted molar refractivity (Wildman–Crippen MR) is 50.8 cm³/mol. The van der Waals surface area contributed by atoms with E-state index in [0.29, 0.717) is 0 Å². The first-order valence-corrected chi connectivity index (χ1v) is 4.86. The molecule has 0 amide bonds. The Morgan fingerprint density at radius 1 is 1.50 bits per heavy atom. The number of nitrogens with zero attached hydrogens (tertiary/aromatic N) is 1. The summed E-state index contributed by atoms with van der Waals surface area (Å²) in [5.41, 5.74) is 0. The van der Waals surface area contributed by atoms with Crippen LogP contribution in [0.4, 0.5) is 13.2 Å². The van der Waals surface area contributed by atoms with Crippen LogP contribution in [-0.2, 0) is 9.53 Å². The van der Waals surface area contributed by atoms with Gasteiger partial charge in [0.25, 0.3) is 0 Å². The lowest BCUT2D eigenvalue weighted by atomic mass is 10.3. The lowest BCUT2D eigenvalue weighted by Crippen LogP contribution is -2.40. The van der Waals surface area contributed by atoms with E-state index in [2.05, 4.69) is 4.74 Å². The van der Waals surface area contributed by atoms with E-state index in [1.54, 1.807) is 6.92 Å². The molecular weight excluding hydrogens is 227 g/mol. The fourth-order valence-electron chi connectivity index (χ4n) is 1.01. The molecule has 1 unspecified atom stereocenters. The molecule has 0 aromatic heterocycles. The van der Waals surface area contributed by atoms with Crippen molar-refractivity contribution in [2.45, 2.75) is 25.6 Å². The van der Waals surface area contributed by atoms with E-state index < -0.39 is 24.8 Å². The highest BCUT2D eigenvalue weighted by Crippen LogP contribution is 2.20. The Kier molecular flexibility index (Phi) is 6.35. The van der Waals surface area contributed by atoms with Gasteiger partial charge in [-0.25, -0.2) is 0 Å². The van der Waals surface area contributed by atoms with Gasteiger partial charge in [0.2, 0.25) is 0 Å². The normalized spacial score (nSPS) is 13.9. The number of hydrogen-bond donors (Lipinski definition) is 1. The molecule has 0 aromatic carbocycles. The lowest BCUT2D eigenvalue weighted by Gasteiger charge is -2.21. The molecule has 0 aliphatic heterocycles. The molecule has 0 heterocycles. The molecule has 0 saturated carbocycles. The molecule has 0 rings (SSSR count). The molecule has 1 N–H and O–H groups in total. The van der Waals surface area contributed by atoms with E-state index in [-0.39, 0.29) is 19.6 Å². The Bertz CT molecular complexity index is 221. The second-order valence-electron chi connectivity index (χ2n) is 3.37. The van der Waals surface area contributed by atoms with Crippen molar-refractivity contribution in [3.63, 3.8) is 0 Å². The maximum atomic E-state index is 12.0. The Morgan fingerprint density at radius 2 is 2.06 bits per heavy atom. The number of alkyl halides is 3. The Morgan fingerprint density at radius 3 is 2.50 bits per heavy atom. The number of likely N-dealkylation sites (N-methyl/N-ethyl adjacent to an activating group) is 1. The van der Waals surface area contributed by atoms with Crippen LogP contribution in [0.25, 0.3) is 0 Å². The summed E-state index contributed by atoms with van der Waals surface area (Å²) in [6.07, 6.45) is -7.01. The molecule has 0 aliphatic carbocycles. The SMILES string of the molecule is CCOC(=O)CCN(C)CC(O)C(F)(F)F. The molecular formula is C9H16F3NO3. The summed E-state index contributed by atoms with van der Waals surface area (Å²) in [7, 11) is 1.40. The first-order valence-electron chi connectivity index (χ1n) is 4.86. The summed E-state index contributed by atoms with van der Waals surface area (Å²) in [6, 6.07) is 0. The van der Waals surface area contributed by atoms with Crippen LogP contribution in [0.3, 0.4) is 0 Å². The summed E-state index contributed by atoms with van der Waals surface area (Å²) in [5.74, 6) is -0.462. The zero-order chi connectivity index (χ0) is 12.8. The van der Waals surface area contributed by atoms with Crippen molar-refractivity contribution in [3.8, 4) is 0 Å². The van der Waals surface area contributed by atoms with Crippen molar-refractivity contribution in [3.05, 3.63) is 0 Å². The topological polar surface area (TPSA) is 49.8 Å². The molecule has 1 atom stereocenters. The summed E-state index contributed by atoms with van der Waals surface area (Å²) in [6.45, 7) is 1.46. The van der Waals surface area contributed by atoms with Crippen LogP contribution in [0.1, 0.15) is 13.3 Å². The molecule has 96 valence electrons. The van der Waals surface area contributed by atoms with Gasteiger partial charge in [-0.2, -0.15) is 13.2 Å². The maximum Gasteiger partial charge on any atom is 0.415 e. The summed E-state index contributed by atoms with van der Waals surface area (Å²) in [5, 5.41) is 8.74. The molecule has 0 spiro atoms. The smallest absolute Gasteiger partial charge is 0.415 e. The highest BCUT2D eigenvalue weighted by molar-refractivity contribution is 5.69. The fraction of sp³-hybridized carbons (Fsp3) is 0.889. The Labute approximate surface area is 92.0 Å². The van der Waals surface area contributed by atoms with E-state index in [4.69, 9.17) is 5.11 Å². The number of aliphatic hydroxyl groups is 1. The molecule has 0 aliphatic rings. The molecule has 0 radical (unpaired) electrons. The van der Waals surface area contributed by atoms with Crippen molar-refractivity contribution in [1.29, 1.82) is 0 Å². The van der Waals surface area contributed by atoms with Crippen LogP contribution in [0, 0.1) is 0 Å². The summed E-state index contributed by atoms with van der Waals surface area (Å²) >= 11 is 0. The van der Waals surface area contributed by atoms with Crippen molar-refractivity contribution < 1.29 is 27.8 Å². The minimum atomic E-state index is -4.63. The van der Waals surface area contributed by atoms with Crippen LogP contribution in [0.5, 0.6) is 0 Å². The van der Waals surface area contributed by atoms with Gasteiger partial charge in [-0.05, 0) is 14.0 Å². The van der Waals surface area contributed by atoms with Crippen LogP contribution in [-0.4, -0.2) is 55.0 Å². The molecule has 16 heavy (non-hydrogen) atoms. The summed E-state index contributed by atoms with van der Waals surface area (Å²) in [4.78, 5) is 12.1. The largest absolute Gasteiger partial charge is 0.466 e. The van der Waals surface area contributed by atoms with Crippen LogP contribution >= 0.6 is 0 Å². The zero-order valence-electron chi connectivity index (χ0n) is 9.25. The van der Waals surface area contributed by atoms with E-state index in [0.717, 1.165) is 0 Å². The average Bonchev–Trinajstić information content (AvgIpc) is 2.13. The second kappa shape index (κ2) is 6.70. The number of halogens is 3. The predicted octanol–water partition coefficient (Wildman–Crippen LogP) is 0.795. The van der Waals surface area contributed by atoms with E-state index in [1.165, 1.54) is 11.9 Å². The highest BCUT2D eigenvalue weighted by Gasteiger charge is 2.38. The molecule has 4 nitrogen and oxygen atoms in total. The van der Waals surface area contributed by atoms with Gasteiger partial charge in [-0.15, -0.1) is 0 Å². The zero-order valence-corrected chi connectivity index (χ0v) is 9.25. The highest BCUT2D eigenvalue weighted by atomic mass is 19.4. The van der Waals surface area contributed by atoms with Gasteiger partial charge in [0.15, 0.2) is 6.10 Å². The van der Waals surface area contributed by atoms with Crippen molar-refractivity contribution >= 4 is 5.97 Å². The third-order valence-corrected chi connectivity index (χ3v) is 1.87. The third-order valence-electron chi connectivity index (χ3n) is 1.87. The summed E-state index contributed by atoms with van der Waals surface area (Å²) < 4.78 is 40.5. The number of esters is 1. The molecule has 0 bridgehead atoms. The number of carbonyl (C=O) groups excluding carboxylic acids is 1. The van der Waals surface area contributed by atoms with Gasteiger partial charge in [0.05, 0.1) is 13.0 Å². The van der Waals surface area contributed by atoms with Crippen molar-refractivity contribution in [2.24, 2.45) is 0 Å². The van der Waals surface area contributed by atoms with Gasteiger partial charge >= 0.3 is 12.1 Å². The minimum Gasteiger partial charge on any atom is -0.466 e. The van der Waals surface area contributed by atoms with Crippen LogP contribution < -0.4 is 0 Å². The number of rotatable bonds is 6. The average molecular weight is 243 g/mol. The standard InChI is InChI=1S/C9H16F3NO3/c1-3-16-8(15)4-5-13(2)6-7(14)9(10,11)12/h7,14H,3-6H2,1-2H3. The van der Waals surface area contributed by atoms with E-state index >= 15 is 0 Å². The number of hydrogen-bond acceptors (Lipinski definition) is 4. The first kappa shape index (κ1) is 15.2. The Hall–Kier alpha value is -0.820. The minimum absolute atomic E-state index is 0.00885. The molecule has 0 fully saturated rings. The monoisotopic (exact) mass is 243 g/mol. The van der Waals surface area contributed by atoms with Gasteiger partial charge in [-0.3, -0.25) is 4.79 Å². The first-order chi connectivity index (χ1) is 7.27. The van der Waals surface area contributed by atoms with Gasteiger partial charge in [0.1, 0.15) is 0 Å². The lowest BCUT2D eigenvalue weighted by molar-refractivity contribution is -0.207. The number of ether oxygens (including phenoxy) is 1. The Balaban J connectivity index is 3.82. The van der Waals surface area contributed by atoms with Crippen LogP contribution in [0.15, 0.2) is 0 Å². The van der Waals surface area contributed by atoms with Gasteiger partial charge in [-0.1, -0.05) is 0 Å². The number of carbonyl (C=O) groups is 1. The van der Waals surface area contributed by atoms with Gasteiger partial charge in [0, 0.05) is 13.1 Å². The third kappa shape index (κ3) is 6.62. The van der Waals surface area contributed by atoms with Crippen molar-refractivity contribution in [2.75, 3.05) is 26.7 Å². The number of aliphatic hydroxyl groups excluding tert-OH is 1. The second-order valence-corrected chi connectivity index (χ2v) is 3.37. The molecule has 7 heteroatoms. The van der Waals surface area contributed by atoms with Crippen molar-refractivity contribution in [1.82, 2.24) is 4.90 Å². The molecule has 0 saturated heterocycles. The van der Waals surface area contributed by atoms with E-state index in [1.807, 2.05) is 0 Å². The van der Waals surface area contributed by atoms with Gasteiger partial charge < -0.3 is 14.7 Å². The quantitative estimate of drug-likeness (QED) is 0.701.